The fraction of sp³-hybridized carbons (Fsp3) is 0.100. The van der Waals surface area contributed by atoms with Crippen LogP contribution in [0.15, 0.2) is 23.6 Å². The van der Waals surface area contributed by atoms with Gasteiger partial charge < -0.3 is 0 Å². The van der Waals surface area contributed by atoms with E-state index in [0.717, 1.165) is 15.6 Å². The number of Topliss-reactive ketones (excluding diaryl/α,β-unsaturated/α-hetero) is 1. The molecule has 0 spiro atoms. The maximum absolute atomic E-state index is 11.1. The predicted octanol–water partition coefficient (Wildman–Crippen LogP) is 2.90. The molecular formula is C10H7OS. The van der Waals surface area contributed by atoms with Gasteiger partial charge in [-0.05, 0) is 19.1 Å². The second kappa shape index (κ2) is 2.72. The predicted molar refractivity (Wildman–Crippen MR) is 50.7 cm³/mol. The van der Waals surface area contributed by atoms with E-state index < -0.39 is 0 Å². The first-order valence-electron chi connectivity index (χ1n) is 3.68. The molecule has 1 radical (unpaired) electrons. The number of thiophene rings is 1. The van der Waals surface area contributed by atoms with Gasteiger partial charge in [0.05, 0.1) is 0 Å². The van der Waals surface area contributed by atoms with E-state index in [2.05, 4.69) is 6.07 Å². The molecule has 12 heavy (non-hydrogen) atoms. The molecule has 1 aromatic carbocycles. The number of hydrogen-bond acceptors (Lipinski definition) is 2. The molecular weight excluding hydrogens is 168 g/mol. The van der Waals surface area contributed by atoms with Crippen LogP contribution in [-0.4, -0.2) is 5.78 Å². The summed E-state index contributed by atoms with van der Waals surface area (Å²) in [6.07, 6.45) is 0. The molecule has 0 fully saturated rings. The zero-order valence-electron chi connectivity index (χ0n) is 6.63. The van der Waals surface area contributed by atoms with E-state index in [1.165, 1.54) is 0 Å². The molecule has 0 N–H and O–H groups in total. The summed E-state index contributed by atoms with van der Waals surface area (Å²) in [6, 6.07) is 8.84. The molecule has 0 saturated heterocycles. The van der Waals surface area contributed by atoms with Crippen molar-refractivity contribution in [3.63, 3.8) is 0 Å². The first kappa shape index (κ1) is 7.50. The fourth-order valence-corrected chi connectivity index (χ4v) is 2.14. The summed E-state index contributed by atoms with van der Waals surface area (Å²) >= 11 is 1.59. The Labute approximate surface area is 74.6 Å². The van der Waals surface area contributed by atoms with Gasteiger partial charge in [0.25, 0.3) is 0 Å². The van der Waals surface area contributed by atoms with Crippen LogP contribution in [0.5, 0.6) is 0 Å². The molecule has 0 amide bonds. The summed E-state index contributed by atoms with van der Waals surface area (Å²) in [6.45, 7) is 1.59. The largest absolute Gasteiger partial charge is 0.294 e. The van der Waals surface area contributed by atoms with Crippen molar-refractivity contribution >= 4 is 27.2 Å². The average Bonchev–Trinajstić information content (AvgIpc) is 2.47. The summed E-state index contributed by atoms with van der Waals surface area (Å²) < 4.78 is 1.13. The molecule has 2 rings (SSSR count). The number of benzene rings is 1. The lowest BCUT2D eigenvalue weighted by Crippen LogP contribution is -1.87. The van der Waals surface area contributed by atoms with E-state index in [9.17, 15) is 4.79 Å². The molecule has 0 atom stereocenters. The van der Waals surface area contributed by atoms with Crippen LogP contribution >= 0.6 is 11.3 Å². The van der Waals surface area contributed by atoms with Gasteiger partial charge in [-0.25, -0.2) is 0 Å². The second-order valence-electron chi connectivity index (χ2n) is 2.61. The minimum Gasteiger partial charge on any atom is -0.294 e. The van der Waals surface area contributed by atoms with E-state index in [1.54, 1.807) is 18.3 Å². The van der Waals surface area contributed by atoms with Crippen molar-refractivity contribution in [3.05, 3.63) is 35.2 Å². The monoisotopic (exact) mass is 175 g/mol. The second-order valence-corrected chi connectivity index (χ2v) is 3.53. The zero-order valence-corrected chi connectivity index (χ0v) is 7.44. The Balaban J connectivity index is 2.79. The highest BCUT2D eigenvalue weighted by atomic mass is 32.1. The topological polar surface area (TPSA) is 17.1 Å². The van der Waals surface area contributed by atoms with Gasteiger partial charge in [-0.1, -0.05) is 12.1 Å². The molecule has 0 aliphatic carbocycles. The van der Waals surface area contributed by atoms with Crippen LogP contribution in [-0.2, 0) is 0 Å². The molecule has 2 heteroatoms. The number of rotatable bonds is 1. The van der Waals surface area contributed by atoms with Crippen molar-refractivity contribution in [2.75, 3.05) is 0 Å². The molecule has 1 nitrogen and oxygen atoms in total. The maximum Gasteiger partial charge on any atom is 0.161 e. The Bertz CT molecular complexity index is 428. The van der Waals surface area contributed by atoms with Crippen LogP contribution in [0.2, 0.25) is 0 Å². The lowest BCUT2D eigenvalue weighted by atomic mass is 10.1. The highest BCUT2D eigenvalue weighted by Crippen LogP contribution is 2.25. The third-order valence-electron chi connectivity index (χ3n) is 1.77. The van der Waals surface area contributed by atoms with Gasteiger partial charge >= 0.3 is 0 Å². The number of fused-ring (bicyclic) bond motifs is 1. The minimum absolute atomic E-state index is 0.115. The lowest BCUT2D eigenvalue weighted by molar-refractivity contribution is 0.101. The summed E-state index contributed by atoms with van der Waals surface area (Å²) in [4.78, 5) is 11.1. The number of hydrogen-bond donors (Lipinski definition) is 0. The Morgan fingerprint density at radius 2 is 2.42 bits per heavy atom. The van der Waals surface area contributed by atoms with Crippen molar-refractivity contribution in [1.82, 2.24) is 0 Å². The first-order valence-corrected chi connectivity index (χ1v) is 4.56. The lowest BCUT2D eigenvalue weighted by Gasteiger charge is -1.90. The number of carbonyl (C=O) groups excluding carboxylic acids is 1. The van der Waals surface area contributed by atoms with Crippen LogP contribution in [0.4, 0.5) is 0 Å². The fourth-order valence-electron chi connectivity index (χ4n) is 1.17. The van der Waals surface area contributed by atoms with Crippen molar-refractivity contribution < 1.29 is 4.79 Å². The van der Waals surface area contributed by atoms with E-state index in [0.29, 0.717) is 0 Å². The van der Waals surface area contributed by atoms with E-state index in [1.807, 2.05) is 23.6 Å². The Hall–Kier alpha value is -1.15. The van der Waals surface area contributed by atoms with Gasteiger partial charge in [0, 0.05) is 21.0 Å². The van der Waals surface area contributed by atoms with E-state index in [4.69, 9.17) is 0 Å². The van der Waals surface area contributed by atoms with Gasteiger partial charge in [-0.2, -0.15) is 0 Å². The normalized spacial score (nSPS) is 10.4. The van der Waals surface area contributed by atoms with Crippen molar-refractivity contribution in [2.45, 2.75) is 6.92 Å². The van der Waals surface area contributed by atoms with Gasteiger partial charge in [-0.15, -0.1) is 11.3 Å². The van der Waals surface area contributed by atoms with Crippen LogP contribution in [0.1, 0.15) is 17.3 Å². The van der Waals surface area contributed by atoms with Crippen molar-refractivity contribution in [3.8, 4) is 0 Å². The summed E-state index contributed by atoms with van der Waals surface area (Å²) in [5.74, 6) is 0.115. The van der Waals surface area contributed by atoms with E-state index in [-0.39, 0.29) is 5.78 Å². The third-order valence-corrected chi connectivity index (χ3v) is 2.72. The SMILES string of the molecule is CC(=O)c1csc2ccc[c]c12. The molecule has 0 aliphatic rings. The molecule has 0 unspecified atom stereocenters. The van der Waals surface area contributed by atoms with Crippen LogP contribution < -0.4 is 0 Å². The summed E-state index contributed by atoms with van der Waals surface area (Å²) in [5.41, 5.74) is 0.788. The van der Waals surface area contributed by atoms with Crippen LogP contribution in [0, 0.1) is 6.07 Å². The van der Waals surface area contributed by atoms with Crippen LogP contribution in [0.3, 0.4) is 0 Å². The van der Waals surface area contributed by atoms with Crippen LogP contribution in [0.25, 0.3) is 10.1 Å². The maximum atomic E-state index is 11.1. The molecule has 0 bridgehead atoms. The minimum atomic E-state index is 0.115. The van der Waals surface area contributed by atoms with Gasteiger partial charge in [-0.3, -0.25) is 4.79 Å². The third kappa shape index (κ3) is 1.04. The van der Waals surface area contributed by atoms with Crippen molar-refractivity contribution in [1.29, 1.82) is 0 Å². The molecule has 1 heterocycles. The standard InChI is InChI=1S/C10H7OS/c1-7(11)9-6-12-10-5-3-2-4-8(9)10/h2-3,5-6H,1H3. The van der Waals surface area contributed by atoms with Crippen molar-refractivity contribution in [2.24, 2.45) is 0 Å². The first-order chi connectivity index (χ1) is 5.79. The van der Waals surface area contributed by atoms with Gasteiger partial charge in [0.1, 0.15) is 0 Å². The Kier molecular flexibility index (Phi) is 1.70. The molecule has 0 saturated carbocycles. The highest BCUT2D eigenvalue weighted by molar-refractivity contribution is 7.17. The van der Waals surface area contributed by atoms with Gasteiger partial charge in [0.2, 0.25) is 0 Å². The molecule has 0 aliphatic heterocycles. The molecule has 1 aromatic heterocycles. The number of ketones is 1. The summed E-state index contributed by atoms with van der Waals surface area (Å²) in [5, 5.41) is 2.85. The number of carbonyl (C=O) groups is 1. The quantitative estimate of drug-likeness (QED) is 0.609. The Morgan fingerprint density at radius 3 is 3.17 bits per heavy atom. The highest BCUT2D eigenvalue weighted by Gasteiger charge is 2.06. The zero-order chi connectivity index (χ0) is 8.55. The molecule has 59 valence electrons. The molecule has 2 aromatic rings. The Morgan fingerprint density at radius 1 is 1.58 bits per heavy atom. The summed E-state index contributed by atoms with van der Waals surface area (Å²) in [7, 11) is 0. The van der Waals surface area contributed by atoms with Gasteiger partial charge in [0.15, 0.2) is 5.78 Å². The smallest absolute Gasteiger partial charge is 0.161 e. The average molecular weight is 175 g/mol. The van der Waals surface area contributed by atoms with E-state index >= 15 is 0 Å².